The molecule has 1 fully saturated rings. The normalized spacial score (nSPS) is 13.9. The van der Waals surface area contributed by atoms with Gasteiger partial charge in [0.1, 0.15) is 18.0 Å². The number of anilines is 4. The van der Waals surface area contributed by atoms with Gasteiger partial charge < -0.3 is 15.1 Å². The van der Waals surface area contributed by atoms with E-state index in [2.05, 4.69) is 15.3 Å². The number of nitro groups is 1. The number of rotatable bonds is 5. The molecular formula is C20H18F2N6O2. The smallest absolute Gasteiger partial charge is 0.353 e. The third-order valence-electron chi connectivity index (χ3n) is 4.86. The molecule has 1 saturated heterocycles. The first-order valence-electron chi connectivity index (χ1n) is 9.29. The number of hydrogen-bond acceptors (Lipinski definition) is 7. The number of para-hydroxylation sites is 1. The predicted octanol–water partition coefficient (Wildman–Crippen LogP) is 3.73. The number of piperazine rings is 1. The van der Waals surface area contributed by atoms with E-state index in [1.165, 1.54) is 36.7 Å². The van der Waals surface area contributed by atoms with Crippen LogP contribution in [-0.4, -0.2) is 41.1 Å². The molecule has 8 nitrogen and oxygen atoms in total. The van der Waals surface area contributed by atoms with Crippen molar-refractivity contribution in [1.82, 2.24) is 9.97 Å². The lowest BCUT2D eigenvalue weighted by Crippen LogP contribution is -2.47. The summed E-state index contributed by atoms with van der Waals surface area (Å²) in [6.07, 6.45) is 1.25. The van der Waals surface area contributed by atoms with Crippen molar-refractivity contribution >= 4 is 28.7 Å². The van der Waals surface area contributed by atoms with E-state index in [0.29, 0.717) is 37.6 Å². The average molecular weight is 412 g/mol. The summed E-state index contributed by atoms with van der Waals surface area (Å²) < 4.78 is 27.2. The van der Waals surface area contributed by atoms with Crippen LogP contribution in [-0.2, 0) is 0 Å². The van der Waals surface area contributed by atoms with Gasteiger partial charge in [-0.05, 0) is 36.4 Å². The van der Waals surface area contributed by atoms with Gasteiger partial charge in [-0.15, -0.1) is 0 Å². The van der Waals surface area contributed by atoms with Gasteiger partial charge in [-0.1, -0.05) is 12.1 Å². The Labute approximate surface area is 170 Å². The van der Waals surface area contributed by atoms with E-state index in [1.54, 1.807) is 23.1 Å². The molecule has 1 aliphatic heterocycles. The Bertz CT molecular complexity index is 1060. The topological polar surface area (TPSA) is 87.4 Å². The Morgan fingerprint density at radius 2 is 1.60 bits per heavy atom. The lowest BCUT2D eigenvalue weighted by molar-refractivity contribution is -0.383. The molecule has 0 radical (unpaired) electrons. The predicted molar refractivity (Wildman–Crippen MR) is 109 cm³/mol. The van der Waals surface area contributed by atoms with Crippen molar-refractivity contribution in [2.24, 2.45) is 0 Å². The van der Waals surface area contributed by atoms with E-state index in [4.69, 9.17) is 0 Å². The van der Waals surface area contributed by atoms with Gasteiger partial charge in [0.05, 0.1) is 10.6 Å². The maximum absolute atomic E-state index is 14.1. The van der Waals surface area contributed by atoms with E-state index in [9.17, 15) is 18.9 Å². The first-order valence-corrected chi connectivity index (χ1v) is 9.29. The van der Waals surface area contributed by atoms with Crippen molar-refractivity contribution in [3.8, 4) is 0 Å². The number of nitrogens with one attached hydrogen (secondary N) is 1. The molecule has 0 bridgehead atoms. The maximum atomic E-state index is 14.1. The van der Waals surface area contributed by atoms with Crippen LogP contribution in [0.25, 0.3) is 0 Å². The van der Waals surface area contributed by atoms with Crippen LogP contribution >= 0.6 is 0 Å². The molecule has 3 aromatic rings. The summed E-state index contributed by atoms with van der Waals surface area (Å²) in [5.41, 5.74) is 0.711. The number of hydrogen-bond donors (Lipinski definition) is 1. The largest absolute Gasteiger partial charge is 0.366 e. The summed E-state index contributed by atoms with van der Waals surface area (Å²) in [5.74, 6) is -0.503. The lowest BCUT2D eigenvalue weighted by atomic mass is 10.2. The Morgan fingerprint density at radius 1 is 0.933 bits per heavy atom. The minimum atomic E-state index is -0.537. The second kappa shape index (κ2) is 8.27. The summed E-state index contributed by atoms with van der Waals surface area (Å²) in [4.78, 5) is 23.1. The quantitative estimate of drug-likeness (QED) is 0.505. The molecule has 10 heteroatoms. The Kier molecular flexibility index (Phi) is 5.38. The maximum Gasteiger partial charge on any atom is 0.353 e. The van der Waals surface area contributed by atoms with Crippen LogP contribution in [0.3, 0.4) is 0 Å². The minimum absolute atomic E-state index is 0.0214. The van der Waals surface area contributed by atoms with E-state index >= 15 is 0 Å². The number of aromatic nitrogens is 2. The highest BCUT2D eigenvalue weighted by Gasteiger charge is 2.29. The third-order valence-corrected chi connectivity index (χ3v) is 4.86. The molecule has 30 heavy (non-hydrogen) atoms. The van der Waals surface area contributed by atoms with Crippen LogP contribution in [0.2, 0.25) is 0 Å². The third kappa shape index (κ3) is 3.97. The molecule has 0 atom stereocenters. The van der Waals surface area contributed by atoms with E-state index < -0.39 is 10.7 Å². The monoisotopic (exact) mass is 412 g/mol. The van der Waals surface area contributed by atoms with Crippen molar-refractivity contribution in [2.45, 2.75) is 0 Å². The van der Waals surface area contributed by atoms with Crippen LogP contribution in [0.4, 0.5) is 37.5 Å². The average Bonchev–Trinajstić information content (AvgIpc) is 2.75. The highest BCUT2D eigenvalue weighted by atomic mass is 19.1. The lowest BCUT2D eigenvalue weighted by Gasteiger charge is -2.36. The fourth-order valence-electron chi connectivity index (χ4n) is 3.40. The van der Waals surface area contributed by atoms with Crippen LogP contribution in [0, 0.1) is 21.7 Å². The highest BCUT2D eigenvalue weighted by molar-refractivity contribution is 5.74. The second-order valence-corrected chi connectivity index (χ2v) is 6.71. The van der Waals surface area contributed by atoms with Gasteiger partial charge in [-0.25, -0.2) is 18.7 Å². The second-order valence-electron chi connectivity index (χ2n) is 6.71. The number of halogens is 2. The molecule has 2 aromatic carbocycles. The summed E-state index contributed by atoms with van der Waals surface area (Å²) in [6.45, 7) is 1.84. The van der Waals surface area contributed by atoms with Crippen molar-refractivity contribution in [3.63, 3.8) is 0 Å². The zero-order valence-corrected chi connectivity index (χ0v) is 15.8. The van der Waals surface area contributed by atoms with Crippen molar-refractivity contribution in [3.05, 3.63) is 76.6 Å². The summed E-state index contributed by atoms with van der Waals surface area (Å²) in [6, 6.07) is 12.0. The molecule has 0 saturated carbocycles. The SMILES string of the molecule is O=[N+]([O-])c1c(Nc2ccc(F)cc2)ncnc1N1CCN(c2ccccc2F)CC1. The van der Waals surface area contributed by atoms with Gasteiger partial charge in [0.15, 0.2) is 0 Å². The van der Waals surface area contributed by atoms with Crippen LogP contribution < -0.4 is 15.1 Å². The molecule has 2 heterocycles. The Morgan fingerprint density at radius 3 is 2.27 bits per heavy atom. The van der Waals surface area contributed by atoms with Crippen molar-refractivity contribution in [1.29, 1.82) is 0 Å². The standard InChI is InChI=1S/C20H18F2N6O2/c21-14-5-7-15(8-6-14)25-19-18(28(29)30)20(24-13-23-19)27-11-9-26(10-12-27)17-4-2-1-3-16(17)22/h1-8,13H,9-12H2,(H,23,24,25). The fourth-order valence-corrected chi connectivity index (χ4v) is 3.40. The molecule has 0 aliphatic carbocycles. The molecule has 0 spiro atoms. The molecule has 1 N–H and O–H groups in total. The molecule has 0 unspecified atom stereocenters. The molecule has 0 amide bonds. The first-order chi connectivity index (χ1) is 14.5. The molecule has 4 rings (SSSR count). The zero-order valence-electron chi connectivity index (χ0n) is 15.8. The van der Waals surface area contributed by atoms with Gasteiger partial charge in [0.25, 0.3) is 0 Å². The fraction of sp³-hybridized carbons (Fsp3) is 0.200. The van der Waals surface area contributed by atoms with E-state index in [1.807, 2.05) is 4.90 Å². The van der Waals surface area contributed by atoms with Gasteiger partial charge in [0.2, 0.25) is 11.6 Å². The van der Waals surface area contributed by atoms with Crippen molar-refractivity contribution in [2.75, 3.05) is 41.3 Å². The van der Waals surface area contributed by atoms with Crippen LogP contribution in [0.1, 0.15) is 0 Å². The van der Waals surface area contributed by atoms with Crippen LogP contribution in [0.5, 0.6) is 0 Å². The number of benzene rings is 2. The van der Waals surface area contributed by atoms with Gasteiger partial charge in [-0.3, -0.25) is 10.1 Å². The molecule has 154 valence electrons. The van der Waals surface area contributed by atoms with E-state index in [0.717, 1.165) is 0 Å². The summed E-state index contributed by atoms with van der Waals surface area (Å²) in [7, 11) is 0. The van der Waals surface area contributed by atoms with Gasteiger partial charge in [0, 0.05) is 31.9 Å². The van der Waals surface area contributed by atoms with E-state index in [-0.39, 0.29) is 23.1 Å². The van der Waals surface area contributed by atoms with Gasteiger partial charge >= 0.3 is 5.69 Å². The van der Waals surface area contributed by atoms with Gasteiger partial charge in [-0.2, -0.15) is 0 Å². The Balaban J connectivity index is 1.56. The minimum Gasteiger partial charge on any atom is -0.366 e. The Hall–Kier alpha value is -3.82. The molecule has 1 aromatic heterocycles. The summed E-state index contributed by atoms with van der Waals surface area (Å²) in [5, 5.41) is 14.7. The molecular weight excluding hydrogens is 394 g/mol. The first kappa shape index (κ1) is 19.5. The molecule has 1 aliphatic rings. The van der Waals surface area contributed by atoms with Crippen LogP contribution in [0.15, 0.2) is 54.9 Å². The zero-order chi connectivity index (χ0) is 21.1. The van der Waals surface area contributed by atoms with Crippen molar-refractivity contribution < 1.29 is 13.7 Å². The number of nitrogens with zero attached hydrogens (tertiary/aromatic N) is 5. The highest BCUT2D eigenvalue weighted by Crippen LogP contribution is 2.34. The summed E-state index contributed by atoms with van der Waals surface area (Å²) >= 11 is 0.